The Balaban J connectivity index is 1.32. The van der Waals surface area contributed by atoms with Crippen molar-refractivity contribution in [1.82, 2.24) is 9.80 Å². The van der Waals surface area contributed by atoms with Gasteiger partial charge in [-0.15, -0.1) is 0 Å². The fraction of sp³-hybridized carbons (Fsp3) is 0.387. The number of nitrogens with zero attached hydrogens (tertiary/aromatic N) is 3. The van der Waals surface area contributed by atoms with Gasteiger partial charge in [0.1, 0.15) is 5.75 Å². The summed E-state index contributed by atoms with van der Waals surface area (Å²) in [4.78, 5) is 20.5. The SMILES string of the molecule is COc1ccc(N2CCN(C)CC2)c2c1CCN(C(=O)Cc1ccc(S(=O)(=O)Cc3ccccc3)cc1C)C2. The van der Waals surface area contributed by atoms with Gasteiger partial charge in [-0.1, -0.05) is 36.4 Å². The van der Waals surface area contributed by atoms with Gasteiger partial charge in [0.15, 0.2) is 9.84 Å². The van der Waals surface area contributed by atoms with Crippen LogP contribution in [0.15, 0.2) is 65.6 Å². The average Bonchev–Trinajstić information content (AvgIpc) is 2.94. The van der Waals surface area contributed by atoms with Crippen molar-refractivity contribution in [2.75, 3.05) is 51.8 Å². The van der Waals surface area contributed by atoms with Crippen molar-refractivity contribution >= 4 is 21.4 Å². The van der Waals surface area contributed by atoms with Gasteiger partial charge in [-0.05, 0) is 61.3 Å². The van der Waals surface area contributed by atoms with Gasteiger partial charge < -0.3 is 19.4 Å². The molecule has 0 bridgehead atoms. The van der Waals surface area contributed by atoms with Crippen molar-refractivity contribution in [2.45, 2.75) is 37.0 Å². The van der Waals surface area contributed by atoms with E-state index in [0.29, 0.717) is 13.1 Å². The average molecular weight is 548 g/mol. The Morgan fingerprint density at radius 1 is 0.923 bits per heavy atom. The summed E-state index contributed by atoms with van der Waals surface area (Å²) < 4.78 is 31.7. The molecule has 1 amide bonds. The minimum absolute atomic E-state index is 0.0438. The maximum absolute atomic E-state index is 13.5. The summed E-state index contributed by atoms with van der Waals surface area (Å²) >= 11 is 0. The largest absolute Gasteiger partial charge is 0.496 e. The zero-order valence-electron chi connectivity index (χ0n) is 23.0. The van der Waals surface area contributed by atoms with E-state index in [4.69, 9.17) is 4.74 Å². The van der Waals surface area contributed by atoms with Gasteiger partial charge in [0.05, 0.1) is 24.2 Å². The molecule has 0 saturated carbocycles. The predicted octanol–water partition coefficient (Wildman–Crippen LogP) is 3.86. The quantitative estimate of drug-likeness (QED) is 0.448. The number of aryl methyl sites for hydroxylation is 1. The minimum atomic E-state index is -3.48. The lowest BCUT2D eigenvalue weighted by Crippen LogP contribution is -2.45. The summed E-state index contributed by atoms with van der Waals surface area (Å²) in [6.45, 7) is 7.02. The zero-order valence-corrected chi connectivity index (χ0v) is 23.8. The monoisotopic (exact) mass is 547 g/mol. The number of benzene rings is 3. The van der Waals surface area contributed by atoms with Gasteiger partial charge in [0, 0.05) is 56.1 Å². The Morgan fingerprint density at radius 3 is 2.36 bits per heavy atom. The van der Waals surface area contributed by atoms with Gasteiger partial charge in [0.2, 0.25) is 5.91 Å². The van der Waals surface area contributed by atoms with E-state index < -0.39 is 9.84 Å². The molecule has 3 aromatic rings. The fourth-order valence-electron chi connectivity index (χ4n) is 5.59. The molecule has 206 valence electrons. The third-order valence-corrected chi connectivity index (χ3v) is 9.66. The Bertz CT molecular complexity index is 1450. The van der Waals surface area contributed by atoms with E-state index >= 15 is 0 Å². The number of methoxy groups -OCH3 is 1. The van der Waals surface area contributed by atoms with E-state index in [0.717, 1.165) is 55.0 Å². The maximum Gasteiger partial charge on any atom is 0.227 e. The first-order valence-corrected chi connectivity index (χ1v) is 15.2. The smallest absolute Gasteiger partial charge is 0.227 e. The Hall–Kier alpha value is -3.36. The molecule has 5 rings (SSSR count). The highest BCUT2D eigenvalue weighted by molar-refractivity contribution is 7.90. The molecule has 8 heteroatoms. The molecule has 3 aromatic carbocycles. The van der Waals surface area contributed by atoms with Crippen molar-refractivity contribution in [3.05, 3.63) is 88.5 Å². The molecule has 7 nitrogen and oxygen atoms in total. The number of rotatable bonds is 7. The van der Waals surface area contributed by atoms with Gasteiger partial charge >= 0.3 is 0 Å². The number of ether oxygens (including phenoxy) is 1. The first-order chi connectivity index (χ1) is 18.7. The molecule has 0 radical (unpaired) electrons. The number of piperazine rings is 1. The van der Waals surface area contributed by atoms with Crippen molar-refractivity contribution in [3.8, 4) is 5.75 Å². The molecular formula is C31H37N3O4S. The van der Waals surface area contributed by atoms with Crippen LogP contribution in [-0.2, 0) is 39.8 Å². The second kappa shape index (κ2) is 11.4. The summed E-state index contributed by atoms with van der Waals surface area (Å²) in [7, 11) is 0.375. The lowest BCUT2D eigenvalue weighted by Gasteiger charge is -2.38. The van der Waals surface area contributed by atoms with Crippen LogP contribution < -0.4 is 9.64 Å². The molecule has 0 spiro atoms. The number of carbonyl (C=O) groups excluding carboxylic acids is 1. The van der Waals surface area contributed by atoms with Gasteiger partial charge in [-0.3, -0.25) is 4.79 Å². The number of anilines is 1. The number of fused-ring (bicyclic) bond motifs is 1. The Kier molecular flexibility index (Phi) is 7.96. The third-order valence-electron chi connectivity index (χ3n) is 7.98. The summed E-state index contributed by atoms with van der Waals surface area (Å²) in [5, 5.41) is 0. The highest BCUT2D eigenvalue weighted by atomic mass is 32.2. The molecule has 0 aromatic heterocycles. The number of amides is 1. The van der Waals surface area contributed by atoms with Crippen LogP contribution in [0.5, 0.6) is 5.75 Å². The molecule has 0 unspecified atom stereocenters. The first kappa shape index (κ1) is 27.2. The molecule has 2 aliphatic heterocycles. The molecule has 2 heterocycles. The van der Waals surface area contributed by atoms with Crippen LogP contribution in [-0.4, -0.2) is 71.0 Å². The molecule has 1 fully saturated rings. The van der Waals surface area contributed by atoms with E-state index in [1.54, 1.807) is 25.3 Å². The van der Waals surface area contributed by atoms with Crippen molar-refractivity contribution in [2.24, 2.45) is 0 Å². The lowest BCUT2D eigenvalue weighted by atomic mass is 9.95. The van der Waals surface area contributed by atoms with Crippen LogP contribution in [0.3, 0.4) is 0 Å². The third kappa shape index (κ3) is 5.97. The lowest BCUT2D eigenvalue weighted by molar-refractivity contribution is -0.131. The summed E-state index contributed by atoms with van der Waals surface area (Å²) in [6.07, 6.45) is 0.996. The van der Waals surface area contributed by atoms with E-state index in [9.17, 15) is 13.2 Å². The molecule has 0 N–H and O–H groups in total. The number of carbonyl (C=O) groups is 1. The van der Waals surface area contributed by atoms with E-state index in [2.05, 4.69) is 29.0 Å². The second-order valence-corrected chi connectivity index (χ2v) is 12.6. The number of sulfone groups is 1. The minimum Gasteiger partial charge on any atom is -0.496 e. The Labute approximate surface area is 231 Å². The second-order valence-electron chi connectivity index (χ2n) is 10.6. The summed E-state index contributed by atoms with van der Waals surface area (Å²) in [5.74, 6) is 0.895. The van der Waals surface area contributed by atoms with Crippen LogP contribution in [0.4, 0.5) is 5.69 Å². The molecule has 1 saturated heterocycles. The van der Waals surface area contributed by atoms with Crippen LogP contribution in [0.25, 0.3) is 0 Å². The van der Waals surface area contributed by atoms with E-state index in [1.165, 1.54) is 16.8 Å². The molecule has 39 heavy (non-hydrogen) atoms. The fourth-order valence-corrected chi connectivity index (χ4v) is 7.02. The number of hydrogen-bond donors (Lipinski definition) is 0. The van der Waals surface area contributed by atoms with E-state index in [1.807, 2.05) is 42.2 Å². The van der Waals surface area contributed by atoms with Gasteiger partial charge in [-0.25, -0.2) is 8.42 Å². The summed E-state index contributed by atoms with van der Waals surface area (Å²) in [5.41, 5.74) is 6.00. The highest BCUT2D eigenvalue weighted by Crippen LogP contribution is 2.36. The number of likely N-dealkylation sites (N-methyl/N-ethyl adjacent to an activating group) is 1. The van der Waals surface area contributed by atoms with Crippen molar-refractivity contribution in [3.63, 3.8) is 0 Å². The molecule has 2 aliphatic rings. The topological polar surface area (TPSA) is 70.2 Å². The van der Waals surface area contributed by atoms with Crippen LogP contribution in [0.2, 0.25) is 0 Å². The first-order valence-electron chi connectivity index (χ1n) is 13.5. The van der Waals surface area contributed by atoms with Crippen LogP contribution in [0.1, 0.15) is 27.8 Å². The van der Waals surface area contributed by atoms with Crippen LogP contribution in [0, 0.1) is 6.92 Å². The predicted molar refractivity (Wildman–Crippen MR) is 154 cm³/mol. The highest BCUT2D eigenvalue weighted by Gasteiger charge is 2.28. The molecular weight excluding hydrogens is 510 g/mol. The van der Waals surface area contributed by atoms with Crippen molar-refractivity contribution in [1.29, 1.82) is 0 Å². The summed E-state index contributed by atoms with van der Waals surface area (Å²) in [6, 6.07) is 18.5. The molecule has 0 atom stereocenters. The normalized spacial score (nSPS) is 16.2. The molecule has 0 aliphatic carbocycles. The maximum atomic E-state index is 13.5. The standard InChI is InChI=1S/C31H37N3O4S/c1-23-19-26(39(36,37)22-24-7-5-4-6-8-24)10-9-25(23)20-31(35)34-14-13-27-28(21-34)29(11-12-30(27)38-3)33-17-15-32(2)16-18-33/h4-12,19H,13-18,20-22H2,1-3H3. The van der Waals surface area contributed by atoms with E-state index in [-0.39, 0.29) is 23.0 Å². The van der Waals surface area contributed by atoms with Crippen molar-refractivity contribution < 1.29 is 17.9 Å². The van der Waals surface area contributed by atoms with Crippen LogP contribution >= 0.6 is 0 Å². The Morgan fingerprint density at radius 2 is 1.67 bits per heavy atom. The zero-order chi connectivity index (χ0) is 27.6. The van der Waals surface area contributed by atoms with Gasteiger partial charge in [0.25, 0.3) is 0 Å². The van der Waals surface area contributed by atoms with Gasteiger partial charge in [-0.2, -0.15) is 0 Å². The number of hydrogen-bond acceptors (Lipinski definition) is 6.